The predicted molar refractivity (Wildman–Crippen MR) is 569 cm³/mol. The second kappa shape index (κ2) is 33.5. The van der Waals surface area contributed by atoms with E-state index < -0.39 is 11.0 Å². The molecule has 0 N–H and O–H groups in total. The Morgan fingerprint density at radius 2 is 0.537 bits per heavy atom. The molecule has 0 radical (unpaired) electrons. The maximum atomic E-state index is 8.04. The fourth-order valence-corrected chi connectivity index (χ4v) is 24.2. The first kappa shape index (κ1) is 85.7. The largest absolute Gasteiger partial charge is 0.310 e. The van der Waals surface area contributed by atoms with Gasteiger partial charge >= 0.3 is 0 Å². The molecule has 664 valence electrons. The van der Waals surface area contributed by atoms with Gasteiger partial charge in [-0.25, -0.2) is 0 Å². The Labute approximate surface area is 803 Å². The van der Waals surface area contributed by atoms with Gasteiger partial charge in [-0.3, -0.25) is 4.84 Å². The fourth-order valence-electron chi connectivity index (χ4n) is 24.2. The van der Waals surface area contributed by atoms with E-state index in [-0.39, 0.29) is 46.1 Å². The minimum atomic E-state index is -0.593. The highest BCUT2D eigenvalue weighted by Crippen LogP contribution is 2.65. The molecule has 0 amide bonds. The zero-order chi connectivity index (χ0) is 92.7. The van der Waals surface area contributed by atoms with Crippen LogP contribution in [0, 0.1) is 5.92 Å². The molecule has 0 fully saturated rings. The van der Waals surface area contributed by atoms with Crippen LogP contribution in [0.25, 0.3) is 100 Å². The van der Waals surface area contributed by atoms with Crippen LogP contribution in [-0.4, -0.2) is 10.6 Å². The van der Waals surface area contributed by atoms with E-state index in [1.54, 1.807) is 0 Å². The molecule has 0 bridgehead atoms. The molecule has 18 aromatic carbocycles. The van der Waals surface area contributed by atoms with Crippen LogP contribution in [0.15, 0.2) is 425 Å². The van der Waals surface area contributed by atoms with Crippen LogP contribution in [0.1, 0.15) is 198 Å². The van der Waals surface area contributed by atoms with E-state index in [9.17, 15) is 0 Å². The minimum absolute atomic E-state index is 0.0400. The number of fused-ring (bicyclic) bond motifs is 19. The van der Waals surface area contributed by atoms with Crippen LogP contribution in [0.4, 0.5) is 34.1 Å². The molecule has 1 spiro atoms. The fraction of sp³-hybridized carbons (Fsp3) is 0.182. The molecule has 4 nitrogen and oxygen atoms in total. The summed E-state index contributed by atoms with van der Waals surface area (Å²) in [4.78, 5) is 13.0. The molecule has 5 aliphatic carbocycles. The van der Waals surface area contributed by atoms with Crippen molar-refractivity contribution in [3.63, 3.8) is 0 Å². The summed E-state index contributed by atoms with van der Waals surface area (Å²) in [6, 6.07) is 161. The van der Waals surface area contributed by atoms with Crippen LogP contribution in [0.5, 0.6) is 0 Å². The molecule has 0 saturated heterocycles. The van der Waals surface area contributed by atoms with Crippen molar-refractivity contribution in [2.45, 2.75) is 147 Å². The van der Waals surface area contributed by atoms with Crippen molar-refractivity contribution < 1.29 is 4.84 Å². The highest BCUT2D eigenvalue weighted by molar-refractivity contribution is 5.98. The zero-order valence-electron chi connectivity index (χ0n) is 80.0. The van der Waals surface area contributed by atoms with Crippen molar-refractivity contribution >= 4 is 34.1 Å². The normalized spacial score (nSPS) is 15.8. The molecular weight excluding hydrogens is 1640 g/mol. The van der Waals surface area contributed by atoms with E-state index in [0.29, 0.717) is 0 Å². The molecule has 0 saturated carbocycles. The monoisotopic (exact) mass is 1760 g/mol. The quantitative estimate of drug-likeness (QED) is 0.0630. The molecule has 0 aromatic heterocycles. The molecule has 0 aliphatic heterocycles. The minimum Gasteiger partial charge on any atom is -0.310 e. The summed E-state index contributed by atoms with van der Waals surface area (Å²) in [6.45, 7) is 28.4. The lowest BCUT2D eigenvalue weighted by Gasteiger charge is -2.45. The standard InChI is InChI=1S/C132H115N3O/c1-85(2)127(95-37-20-15-21-38-95)135(128(4,5)6)136-126(94-57-55-90(56-58-94)96-39-32-40-102(78-96)134(104-70-75-112-107-42-23-28-47-117(107)130(9,10)122(112)83-104)105-71-76-113-108-43-24-29-48-118(108)131(11,12)123(113)84-105)81-99(77-86(3)87-33-16-13-17-34-87)93-53-51-91(52-54-93)97-63-72-114-109-44-25-30-49-119(109)132(124(114)79-97)120-50-31-26-45-110(120)115-73-64-98(80-125(115)132)92-61-67-101(68-62-92)133(100-65-59-89(60-66-100)88-35-18-14-19-36-88)103-69-74-111-106-41-22-27-46-116(106)129(7,8)121(111)82-103/h13-76,78-80,82-86,99,126-127H,77,81H2,1-12H3. The summed E-state index contributed by atoms with van der Waals surface area (Å²) in [5.74, 6) is 0.544. The lowest BCUT2D eigenvalue weighted by Crippen LogP contribution is -2.46. The molecule has 136 heavy (non-hydrogen) atoms. The molecule has 4 heteroatoms. The number of hydrogen-bond acceptors (Lipinski definition) is 4. The van der Waals surface area contributed by atoms with Gasteiger partial charge < -0.3 is 9.80 Å². The van der Waals surface area contributed by atoms with Gasteiger partial charge in [0.25, 0.3) is 0 Å². The summed E-state index contributed by atoms with van der Waals surface area (Å²) in [6.07, 6.45) is 1.29. The first-order valence-corrected chi connectivity index (χ1v) is 49.0. The second-order valence-electron chi connectivity index (χ2n) is 41.7. The maximum absolute atomic E-state index is 8.04. The molecule has 0 heterocycles. The molecule has 5 aliphatic rings. The van der Waals surface area contributed by atoms with E-state index in [0.717, 1.165) is 63.7 Å². The van der Waals surface area contributed by atoms with Crippen molar-refractivity contribution in [2.75, 3.05) is 9.80 Å². The first-order valence-electron chi connectivity index (χ1n) is 49.0. The third-order valence-electron chi connectivity index (χ3n) is 31.1. The predicted octanol–water partition coefficient (Wildman–Crippen LogP) is 35.4. The van der Waals surface area contributed by atoms with Crippen LogP contribution in [0.3, 0.4) is 0 Å². The number of hydrogen-bond donors (Lipinski definition) is 0. The molecule has 18 aromatic rings. The smallest absolute Gasteiger partial charge is 0.105 e. The SMILES string of the molecule is CC(CC(CC(ON(C(c1ccccc1)C(C)C)C(C)(C)C)c1ccc(-c2cccc(N(c3ccc4c(c3)C(C)(C)c3ccccc3-4)c3ccc4c(c3)C(C)(C)c3ccccc3-4)c2)cc1)c1ccc(-c2ccc3c(c2)C2(c4ccccc4-3)c3ccccc3-c3ccc(-c4ccc(N(c5ccc(-c6ccccc6)cc5)c5ccc6c(c5)C(C)(C)c5ccccc5-6)cc4)cc32)cc1)c1ccccc1. The van der Waals surface area contributed by atoms with Crippen molar-refractivity contribution in [1.82, 2.24) is 5.06 Å². The van der Waals surface area contributed by atoms with Crippen LogP contribution in [-0.2, 0) is 26.5 Å². The average molecular weight is 1760 g/mol. The van der Waals surface area contributed by atoms with Gasteiger partial charge in [0, 0.05) is 55.9 Å². The molecular formula is C132H115N3O. The Morgan fingerprint density at radius 3 is 0.963 bits per heavy atom. The summed E-state index contributed by atoms with van der Waals surface area (Å²) >= 11 is 0. The Hall–Kier alpha value is -14.5. The Balaban J connectivity index is 0.599. The van der Waals surface area contributed by atoms with Crippen LogP contribution < -0.4 is 9.80 Å². The van der Waals surface area contributed by atoms with Gasteiger partial charge in [-0.1, -0.05) is 402 Å². The highest BCUT2D eigenvalue weighted by Gasteiger charge is 2.52. The number of rotatable bonds is 22. The van der Waals surface area contributed by atoms with Crippen molar-refractivity contribution in [3.8, 4) is 100 Å². The lowest BCUT2D eigenvalue weighted by atomic mass is 9.70. The average Bonchev–Trinajstić information content (AvgIpc) is 1.50. The topological polar surface area (TPSA) is 19.0 Å². The maximum Gasteiger partial charge on any atom is 0.105 e. The van der Waals surface area contributed by atoms with Gasteiger partial charge in [0.1, 0.15) is 6.10 Å². The number of hydroxylamine groups is 2. The van der Waals surface area contributed by atoms with Crippen LogP contribution in [0.2, 0.25) is 0 Å². The molecule has 5 atom stereocenters. The summed E-state index contributed by atoms with van der Waals surface area (Å²) in [7, 11) is 0. The summed E-state index contributed by atoms with van der Waals surface area (Å²) < 4.78 is 0. The van der Waals surface area contributed by atoms with E-state index in [2.05, 4.69) is 523 Å². The number of anilines is 6. The summed E-state index contributed by atoms with van der Waals surface area (Å²) in [5, 5.41) is 2.36. The zero-order valence-corrected chi connectivity index (χ0v) is 80.0. The van der Waals surface area contributed by atoms with Crippen molar-refractivity contribution in [1.29, 1.82) is 0 Å². The third-order valence-corrected chi connectivity index (χ3v) is 31.1. The van der Waals surface area contributed by atoms with Crippen molar-refractivity contribution in [3.05, 3.63) is 503 Å². The van der Waals surface area contributed by atoms with E-state index in [1.165, 1.54) is 161 Å². The van der Waals surface area contributed by atoms with Gasteiger partial charge in [0.15, 0.2) is 0 Å². The number of benzene rings is 18. The van der Waals surface area contributed by atoms with Gasteiger partial charge in [-0.05, 0) is 314 Å². The van der Waals surface area contributed by atoms with Gasteiger partial charge in [-0.15, -0.1) is 0 Å². The molecule has 5 unspecified atom stereocenters. The Bertz CT molecular complexity index is 7510. The van der Waals surface area contributed by atoms with Crippen molar-refractivity contribution in [2.24, 2.45) is 5.92 Å². The third kappa shape index (κ3) is 14.4. The first-order chi connectivity index (χ1) is 66.1. The Morgan fingerprint density at radius 1 is 0.235 bits per heavy atom. The lowest BCUT2D eigenvalue weighted by molar-refractivity contribution is -0.278. The van der Waals surface area contributed by atoms with E-state index in [1.807, 2.05) is 0 Å². The van der Waals surface area contributed by atoms with Gasteiger partial charge in [-0.2, -0.15) is 5.06 Å². The second-order valence-corrected chi connectivity index (χ2v) is 41.7. The van der Waals surface area contributed by atoms with Gasteiger partial charge in [0.2, 0.25) is 0 Å². The highest BCUT2D eigenvalue weighted by atomic mass is 16.7. The van der Waals surface area contributed by atoms with Crippen LogP contribution >= 0.6 is 0 Å². The van der Waals surface area contributed by atoms with Gasteiger partial charge in [0.05, 0.1) is 11.5 Å². The van der Waals surface area contributed by atoms with E-state index >= 15 is 0 Å². The number of nitrogens with zero attached hydrogens (tertiary/aromatic N) is 3. The summed E-state index contributed by atoms with van der Waals surface area (Å²) in [5.41, 5.74) is 46.0. The van der Waals surface area contributed by atoms with E-state index in [4.69, 9.17) is 4.84 Å². The molecule has 23 rings (SSSR count). The Kier molecular flexibility index (Phi) is 21.1.